The van der Waals surface area contributed by atoms with Crippen molar-refractivity contribution in [1.82, 2.24) is 14.9 Å². The van der Waals surface area contributed by atoms with E-state index in [0.29, 0.717) is 48.9 Å². The molecule has 0 aliphatic heterocycles. The number of carbonyl (C=O) groups is 1. The summed E-state index contributed by atoms with van der Waals surface area (Å²) in [5.41, 5.74) is 4.02. The molecule has 7 heteroatoms. The largest absolute Gasteiger partial charge is 0.493 e. The highest BCUT2D eigenvalue weighted by Crippen LogP contribution is 2.27. The minimum Gasteiger partial charge on any atom is -0.493 e. The van der Waals surface area contributed by atoms with Crippen LogP contribution in [-0.4, -0.2) is 36.2 Å². The molecule has 4 aromatic rings. The Morgan fingerprint density at radius 3 is 2.56 bits per heavy atom. The summed E-state index contributed by atoms with van der Waals surface area (Å²) < 4.78 is 12.7. The van der Waals surface area contributed by atoms with Crippen LogP contribution >= 0.6 is 11.6 Å². The molecule has 4 rings (SSSR count). The molecule has 3 aromatic carbocycles. The first-order chi connectivity index (χ1) is 16.6. The fourth-order valence-corrected chi connectivity index (χ4v) is 4.21. The van der Waals surface area contributed by atoms with Gasteiger partial charge in [-0.05, 0) is 47.9 Å². The zero-order valence-electron chi connectivity index (χ0n) is 19.4. The molecule has 0 spiro atoms. The molecule has 6 nitrogen and oxygen atoms in total. The Hall–Kier alpha value is -3.51. The second-order valence-electron chi connectivity index (χ2n) is 7.98. The number of halogens is 1. The Labute approximate surface area is 204 Å². The van der Waals surface area contributed by atoms with Crippen molar-refractivity contribution in [3.63, 3.8) is 0 Å². The Bertz CT molecular complexity index is 1290. The lowest BCUT2D eigenvalue weighted by molar-refractivity contribution is -0.121. The maximum absolute atomic E-state index is 12.6. The molecule has 1 aromatic heterocycles. The van der Waals surface area contributed by atoms with Gasteiger partial charge in [-0.25, -0.2) is 4.98 Å². The molecule has 0 aliphatic carbocycles. The van der Waals surface area contributed by atoms with Gasteiger partial charge in [-0.3, -0.25) is 4.79 Å². The van der Waals surface area contributed by atoms with E-state index >= 15 is 0 Å². The summed E-state index contributed by atoms with van der Waals surface area (Å²) in [5.74, 6) is 2.27. The van der Waals surface area contributed by atoms with Crippen LogP contribution in [-0.2, 0) is 24.2 Å². The molecule has 0 fully saturated rings. The Kier molecular flexibility index (Phi) is 7.70. The Morgan fingerprint density at radius 2 is 1.76 bits per heavy atom. The zero-order chi connectivity index (χ0) is 23.9. The van der Waals surface area contributed by atoms with Crippen LogP contribution < -0.4 is 14.8 Å². The molecule has 0 radical (unpaired) electrons. The summed E-state index contributed by atoms with van der Waals surface area (Å²) in [6, 6.07) is 21.6. The number of nitrogens with zero attached hydrogens (tertiary/aromatic N) is 2. The van der Waals surface area contributed by atoms with Crippen LogP contribution in [0.4, 0.5) is 0 Å². The maximum Gasteiger partial charge on any atom is 0.221 e. The van der Waals surface area contributed by atoms with Crippen LogP contribution in [0.2, 0.25) is 5.02 Å². The van der Waals surface area contributed by atoms with Crippen LogP contribution in [0.15, 0.2) is 66.7 Å². The minimum atomic E-state index is 0.00181. The molecule has 176 valence electrons. The van der Waals surface area contributed by atoms with Crippen LogP contribution in [0, 0.1) is 0 Å². The summed E-state index contributed by atoms with van der Waals surface area (Å²) in [7, 11) is 3.23. The number of nitrogens with one attached hydrogen (secondary N) is 1. The monoisotopic (exact) mass is 477 g/mol. The van der Waals surface area contributed by atoms with E-state index in [1.807, 2.05) is 66.7 Å². The Balaban J connectivity index is 1.39. The molecule has 0 aliphatic rings. The van der Waals surface area contributed by atoms with Crippen molar-refractivity contribution in [2.24, 2.45) is 0 Å². The van der Waals surface area contributed by atoms with E-state index in [2.05, 4.69) is 9.88 Å². The van der Waals surface area contributed by atoms with E-state index in [1.54, 1.807) is 14.2 Å². The van der Waals surface area contributed by atoms with Gasteiger partial charge < -0.3 is 19.4 Å². The molecule has 0 unspecified atom stereocenters. The predicted molar refractivity (Wildman–Crippen MR) is 135 cm³/mol. The highest BCUT2D eigenvalue weighted by molar-refractivity contribution is 6.31. The van der Waals surface area contributed by atoms with Crippen molar-refractivity contribution < 1.29 is 14.3 Å². The van der Waals surface area contributed by atoms with Gasteiger partial charge >= 0.3 is 0 Å². The Morgan fingerprint density at radius 1 is 1.00 bits per heavy atom. The first kappa shape index (κ1) is 23.6. The van der Waals surface area contributed by atoms with Gasteiger partial charge in [0.05, 0.1) is 25.3 Å². The summed E-state index contributed by atoms with van der Waals surface area (Å²) in [6.45, 7) is 1.09. The molecule has 0 saturated carbocycles. The number of carbonyl (C=O) groups excluding carboxylic acids is 1. The van der Waals surface area contributed by atoms with Crippen LogP contribution in [0.3, 0.4) is 0 Å². The maximum atomic E-state index is 12.6. The van der Waals surface area contributed by atoms with Gasteiger partial charge in [0.1, 0.15) is 5.82 Å². The summed E-state index contributed by atoms with van der Waals surface area (Å²) in [4.78, 5) is 17.4. The number of aryl methyl sites for hydroxylation is 1. The second-order valence-corrected chi connectivity index (χ2v) is 8.38. The highest BCUT2D eigenvalue weighted by Gasteiger charge is 2.14. The average molecular weight is 478 g/mol. The smallest absolute Gasteiger partial charge is 0.221 e. The van der Waals surface area contributed by atoms with Crippen molar-refractivity contribution in [2.75, 3.05) is 20.8 Å². The van der Waals surface area contributed by atoms with Gasteiger partial charge in [-0.15, -0.1) is 0 Å². The van der Waals surface area contributed by atoms with E-state index in [1.165, 1.54) is 0 Å². The molecular formula is C27H28ClN3O3. The number of ether oxygens (including phenoxy) is 2. The minimum absolute atomic E-state index is 0.00181. The first-order valence-electron chi connectivity index (χ1n) is 11.2. The fourth-order valence-electron chi connectivity index (χ4n) is 4.01. The molecular weight excluding hydrogens is 450 g/mol. The predicted octanol–water partition coefficient (Wildman–Crippen LogP) is 5.05. The molecule has 0 atom stereocenters. The number of aromatic nitrogens is 2. The number of para-hydroxylation sites is 2. The SMILES string of the molecule is COc1ccc(CCNC(=O)CCn2c(Cc3ccccc3Cl)nc3ccccc32)cc1OC. The standard InChI is InChI=1S/C27H28ClN3O3/c1-33-24-12-11-19(17-25(24)34-2)13-15-29-27(32)14-16-31-23-10-6-5-9-22(23)30-26(31)18-20-7-3-4-8-21(20)28/h3-12,17H,13-16,18H2,1-2H3,(H,29,32). The van der Waals surface area contributed by atoms with Gasteiger partial charge in [0.2, 0.25) is 5.91 Å². The highest BCUT2D eigenvalue weighted by atomic mass is 35.5. The molecule has 0 saturated heterocycles. The third-order valence-corrected chi connectivity index (χ3v) is 6.16. The van der Waals surface area contributed by atoms with Crippen LogP contribution in [0.25, 0.3) is 11.0 Å². The van der Waals surface area contributed by atoms with E-state index < -0.39 is 0 Å². The lowest BCUT2D eigenvalue weighted by Gasteiger charge is -2.12. The third-order valence-electron chi connectivity index (χ3n) is 5.79. The molecule has 34 heavy (non-hydrogen) atoms. The van der Waals surface area contributed by atoms with Gasteiger partial charge in [0.15, 0.2) is 11.5 Å². The first-order valence-corrected chi connectivity index (χ1v) is 11.6. The summed E-state index contributed by atoms with van der Waals surface area (Å²) >= 11 is 6.38. The fraction of sp³-hybridized carbons (Fsp3) is 0.259. The normalized spacial score (nSPS) is 10.9. The number of hydrogen-bond donors (Lipinski definition) is 1. The molecule has 1 N–H and O–H groups in total. The number of rotatable bonds is 10. The molecule has 0 bridgehead atoms. The second kappa shape index (κ2) is 11.1. The number of fused-ring (bicyclic) bond motifs is 1. The quantitative estimate of drug-likeness (QED) is 0.347. The van der Waals surface area contributed by atoms with Gasteiger partial charge in [0.25, 0.3) is 0 Å². The zero-order valence-corrected chi connectivity index (χ0v) is 20.1. The van der Waals surface area contributed by atoms with E-state index in [9.17, 15) is 4.79 Å². The van der Waals surface area contributed by atoms with Gasteiger partial charge in [-0.1, -0.05) is 48.0 Å². The van der Waals surface area contributed by atoms with Gasteiger partial charge in [-0.2, -0.15) is 0 Å². The molecule has 1 amide bonds. The van der Waals surface area contributed by atoms with E-state index in [0.717, 1.165) is 28.0 Å². The number of imidazole rings is 1. The van der Waals surface area contributed by atoms with E-state index in [-0.39, 0.29) is 5.91 Å². The van der Waals surface area contributed by atoms with Crippen molar-refractivity contribution >= 4 is 28.5 Å². The third kappa shape index (κ3) is 5.51. The lowest BCUT2D eigenvalue weighted by Crippen LogP contribution is -2.26. The van der Waals surface area contributed by atoms with Crippen molar-refractivity contribution in [2.45, 2.75) is 25.8 Å². The number of benzene rings is 3. The van der Waals surface area contributed by atoms with Crippen molar-refractivity contribution in [3.8, 4) is 11.5 Å². The van der Waals surface area contributed by atoms with Gasteiger partial charge in [0, 0.05) is 31.0 Å². The number of amides is 1. The molecule has 1 heterocycles. The lowest BCUT2D eigenvalue weighted by atomic mass is 10.1. The van der Waals surface area contributed by atoms with Crippen LogP contribution in [0.5, 0.6) is 11.5 Å². The van der Waals surface area contributed by atoms with E-state index in [4.69, 9.17) is 26.1 Å². The van der Waals surface area contributed by atoms with Crippen molar-refractivity contribution in [3.05, 3.63) is 88.7 Å². The number of hydrogen-bond acceptors (Lipinski definition) is 4. The average Bonchev–Trinajstić information content (AvgIpc) is 3.21. The van der Waals surface area contributed by atoms with Crippen LogP contribution in [0.1, 0.15) is 23.4 Å². The summed E-state index contributed by atoms with van der Waals surface area (Å²) in [6.07, 6.45) is 1.68. The van der Waals surface area contributed by atoms with Crippen molar-refractivity contribution in [1.29, 1.82) is 0 Å². The summed E-state index contributed by atoms with van der Waals surface area (Å²) in [5, 5.41) is 3.74. The number of methoxy groups -OCH3 is 2. The topological polar surface area (TPSA) is 65.4 Å².